The topological polar surface area (TPSA) is 59.5 Å². The second-order valence-electron chi connectivity index (χ2n) is 6.63. The van der Waals surface area contributed by atoms with Gasteiger partial charge < -0.3 is 19.7 Å². The highest BCUT2D eigenvalue weighted by Crippen LogP contribution is 2.27. The molecular formula is C21H19F3N4O2. The van der Waals surface area contributed by atoms with Gasteiger partial charge in [0, 0.05) is 36.1 Å². The van der Waals surface area contributed by atoms with Gasteiger partial charge in [-0.1, -0.05) is 0 Å². The predicted molar refractivity (Wildman–Crippen MR) is 107 cm³/mol. The average molecular weight is 416 g/mol. The van der Waals surface area contributed by atoms with E-state index in [1.807, 2.05) is 24.3 Å². The molecule has 0 aliphatic carbocycles. The SMILES string of the molecule is FC(F)(F)Oc1ccc(-c2cc(Nc3ccc(N4CCOCC4)cc3)ncn2)cc1. The van der Waals surface area contributed by atoms with E-state index in [1.54, 1.807) is 6.07 Å². The Balaban J connectivity index is 1.44. The van der Waals surface area contributed by atoms with Crippen molar-refractivity contribution in [1.29, 1.82) is 0 Å². The van der Waals surface area contributed by atoms with Gasteiger partial charge in [0.1, 0.15) is 17.9 Å². The van der Waals surface area contributed by atoms with Gasteiger partial charge in [-0.05, 0) is 48.5 Å². The molecule has 0 amide bonds. The van der Waals surface area contributed by atoms with Gasteiger partial charge in [-0.25, -0.2) is 9.97 Å². The fraction of sp³-hybridized carbons (Fsp3) is 0.238. The molecule has 1 N–H and O–H groups in total. The summed E-state index contributed by atoms with van der Waals surface area (Å²) in [7, 11) is 0. The van der Waals surface area contributed by atoms with Crippen molar-refractivity contribution in [2.75, 3.05) is 36.5 Å². The Bertz CT molecular complexity index is 973. The second kappa shape index (κ2) is 8.58. The van der Waals surface area contributed by atoms with E-state index in [4.69, 9.17) is 4.74 Å². The molecule has 2 heterocycles. The minimum absolute atomic E-state index is 0.279. The maximum atomic E-state index is 12.3. The molecule has 1 aliphatic rings. The molecule has 1 saturated heterocycles. The van der Waals surface area contributed by atoms with E-state index in [2.05, 4.69) is 24.9 Å². The number of hydrogen-bond donors (Lipinski definition) is 1. The Morgan fingerprint density at radius 1 is 0.933 bits per heavy atom. The molecule has 0 atom stereocenters. The van der Waals surface area contributed by atoms with E-state index in [1.165, 1.54) is 30.6 Å². The Morgan fingerprint density at radius 2 is 1.63 bits per heavy atom. The van der Waals surface area contributed by atoms with Crippen LogP contribution in [0.5, 0.6) is 5.75 Å². The lowest BCUT2D eigenvalue weighted by molar-refractivity contribution is -0.274. The number of morpholine rings is 1. The molecule has 156 valence electrons. The molecular weight excluding hydrogens is 397 g/mol. The molecule has 0 radical (unpaired) electrons. The molecule has 0 unspecified atom stereocenters. The average Bonchev–Trinajstić information content (AvgIpc) is 2.75. The Labute approximate surface area is 171 Å². The summed E-state index contributed by atoms with van der Waals surface area (Å²) in [5.74, 6) is 0.300. The Hall–Kier alpha value is -3.33. The molecule has 6 nitrogen and oxygen atoms in total. The summed E-state index contributed by atoms with van der Waals surface area (Å²) in [6, 6.07) is 15.3. The molecule has 0 bridgehead atoms. The molecule has 0 saturated carbocycles. The zero-order chi connectivity index (χ0) is 21.0. The van der Waals surface area contributed by atoms with Crippen molar-refractivity contribution < 1.29 is 22.6 Å². The number of aromatic nitrogens is 2. The predicted octanol–water partition coefficient (Wildman–Crippen LogP) is 4.62. The largest absolute Gasteiger partial charge is 0.573 e. The van der Waals surface area contributed by atoms with Gasteiger partial charge >= 0.3 is 6.36 Å². The van der Waals surface area contributed by atoms with Crippen LogP contribution in [0.25, 0.3) is 11.3 Å². The molecule has 2 aromatic carbocycles. The summed E-state index contributed by atoms with van der Waals surface area (Å²) >= 11 is 0. The van der Waals surface area contributed by atoms with Gasteiger partial charge in [0.25, 0.3) is 0 Å². The molecule has 0 spiro atoms. The summed E-state index contributed by atoms with van der Waals surface area (Å²) < 4.78 is 46.2. The lowest BCUT2D eigenvalue weighted by Gasteiger charge is -2.28. The molecule has 3 aromatic rings. The summed E-state index contributed by atoms with van der Waals surface area (Å²) in [5, 5.41) is 3.22. The number of anilines is 3. The van der Waals surface area contributed by atoms with Crippen molar-refractivity contribution in [3.05, 3.63) is 60.9 Å². The quantitative estimate of drug-likeness (QED) is 0.655. The van der Waals surface area contributed by atoms with E-state index in [0.717, 1.165) is 37.7 Å². The highest BCUT2D eigenvalue weighted by atomic mass is 19.4. The van der Waals surface area contributed by atoms with Gasteiger partial charge in [0.05, 0.1) is 18.9 Å². The van der Waals surface area contributed by atoms with Gasteiger partial charge in [-0.2, -0.15) is 0 Å². The number of ether oxygens (including phenoxy) is 2. The standard InChI is InChI=1S/C21H19F3N4O2/c22-21(23,24)30-18-7-1-15(2-8-18)19-13-20(26-14-25-19)27-16-3-5-17(6-4-16)28-9-11-29-12-10-28/h1-8,13-14H,9-12H2,(H,25,26,27). The first-order valence-electron chi connectivity index (χ1n) is 9.34. The van der Waals surface area contributed by atoms with Crippen LogP contribution < -0.4 is 15.0 Å². The van der Waals surface area contributed by atoms with Gasteiger partial charge in [-0.15, -0.1) is 13.2 Å². The van der Waals surface area contributed by atoms with Crippen LogP contribution in [0.3, 0.4) is 0 Å². The van der Waals surface area contributed by atoms with Crippen molar-refractivity contribution in [2.45, 2.75) is 6.36 Å². The van der Waals surface area contributed by atoms with E-state index in [-0.39, 0.29) is 5.75 Å². The lowest BCUT2D eigenvalue weighted by Crippen LogP contribution is -2.36. The fourth-order valence-corrected chi connectivity index (χ4v) is 3.14. The van der Waals surface area contributed by atoms with Crippen LogP contribution in [0.1, 0.15) is 0 Å². The second-order valence-corrected chi connectivity index (χ2v) is 6.63. The first kappa shape index (κ1) is 20.0. The number of hydrogen-bond acceptors (Lipinski definition) is 6. The van der Waals surface area contributed by atoms with Crippen LogP contribution in [-0.2, 0) is 4.74 Å². The van der Waals surface area contributed by atoms with Gasteiger partial charge in [-0.3, -0.25) is 0 Å². The van der Waals surface area contributed by atoms with Crippen molar-refractivity contribution in [1.82, 2.24) is 9.97 Å². The van der Waals surface area contributed by atoms with Crippen LogP contribution in [0.4, 0.5) is 30.4 Å². The number of alkyl halides is 3. The lowest BCUT2D eigenvalue weighted by atomic mass is 10.1. The zero-order valence-electron chi connectivity index (χ0n) is 15.9. The maximum Gasteiger partial charge on any atom is 0.573 e. The van der Waals surface area contributed by atoms with E-state index in [0.29, 0.717) is 17.1 Å². The molecule has 30 heavy (non-hydrogen) atoms. The first-order valence-corrected chi connectivity index (χ1v) is 9.34. The summed E-state index contributed by atoms with van der Waals surface area (Å²) in [6.07, 6.45) is -3.31. The van der Waals surface area contributed by atoms with Crippen molar-refractivity contribution in [3.63, 3.8) is 0 Å². The van der Waals surface area contributed by atoms with E-state index in [9.17, 15) is 13.2 Å². The van der Waals surface area contributed by atoms with E-state index < -0.39 is 6.36 Å². The van der Waals surface area contributed by atoms with Crippen molar-refractivity contribution >= 4 is 17.2 Å². The van der Waals surface area contributed by atoms with Crippen LogP contribution >= 0.6 is 0 Å². The molecule has 1 aliphatic heterocycles. The molecule has 9 heteroatoms. The number of halogens is 3. The normalized spacial score (nSPS) is 14.4. The van der Waals surface area contributed by atoms with Crippen molar-refractivity contribution in [2.24, 2.45) is 0 Å². The van der Waals surface area contributed by atoms with Crippen LogP contribution in [0, 0.1) is 0 Å². The van der Waals surface area contributed by atoms with Gasteiger partial charge in [0.2, 0.25) is 0 Å². The summed E-state index contributed by atoms with van der Waals surface area (Å²) in [5.41, 5.74) is 3.23. The zero-order valence-corrected chi connectivity index (χ0v) is 15.9. The van der Waals surface area contributed by atoms with Gasteiger partial charge in [0.15, 0.2) is 0 Å². The number of nitrogens with one attached hydrogen (secondary N) is 1. The highest BCUT2D eigenvalue weighted by molar-refractivity contribution is 5.66. The third-order valence-electron chi connectivity index (χ3n) is 4.57. The smallest absolute Gasteiger partial charge is 0.406 e. The Kier molecular flexibility index (Phi) is 5.71. The Morgan fingerprint density at radius 3 is 2.30 bits per heavy atom. The van der Waals surface area contributed by atoms with Crippen LogP contribution in [0.2, 0.25) is 0 Å². The van der Waals surface area contributed by atoms with E-state index >= 15 is 0 Å². The highest BCUT2D eigenvalue weighted by Gasteiger charge is 2.31. The summed E-state index contributed by atoms with van der Waals surface area (Å²) in [6.45, 7) is 3.20. The summed E-state index contributed by atoms with van der Waals surface area (Å²) in [4.78, 5) is 10.7. The number of benzene rings is 2. The number of nitrogens with zero attached hydrogens (tertiary/aromatic N) is 3. The molecule has 1 aromatic heterocycles. The third-order valence-corrected chi connectivity index (χ3v) is 4.57. The third kappa shape index (κ3) is 5.18. The minimum atomic E-state index is -4.72. The van der Waals surface area contributed by atoms with Crippen LogP contribution in [-0.4, -0.2) is 42.6 Å². The first-order chi connectivity index (χ1) is 14.5. The molecule has 4 rings (SSSR count). The van der Waals surface area contributed by atoms with Crippen molar-refractivity contribution in [3.8, 4) is 17.0 Å². The monoisotopic (exact) mass is 416 g/mol. The molecule has 1 fully saturated rings. The maximum absolute atomic E-state index is 12.3. The minimum Gasteiger partial charge on any atom is -0.406 e. The van der Waals surface area contributed by atoms with Crippen LogP contribution in [0.15, 0.2) is 60.9 Å². The number of rotatable bonds is 5. The fourth-order valence-electron chi connectivity index (χ4n) is 3.14.